The van der Waals surface area contributed by atoms with Crippen LogP contribution in [0.3, 0.4) is 0 Å². The topological polar surface area (TPSA) is 86.2 Å². The van der Waals surface area contributed by atoms with E-state index in [9.17, 15) is 4.79 Å². The van der Waals surface area contributed by atoms with E-state index in [1.54, 1.807) is 0 Å². The Labute approximate surface area is 118 Å². The maximum atomic E-state index is 11.7. The van der Waals surface area contributed by atoms with Crippen LogP contribution in [-0.2, 0) is 14.3 Å². The molecule has 2 heterocycles. The van der Waals surface area contributed by atoms with Crippen molar-refractivity contribution in [3.05, 3.63) is 11.4 Å². The molecule has 1 amide bonds. The summed E-state index contributed by atoms with van der Waals surface area (Å²) in [6.45, 7) is 4.82. The summed E-state index contributed by atoms with van der Waals surface area (Å²) in [5, 5.41) is 10.3. The first-order valence-electron chi connectivity index (χ1n) is 6.82. The van der Waals surface area contributed by atoms with Gasteiger partial charge in [0, 0.05) is 6.61 Å². The largest absolute Gasteiger partial charge is 0.376 e. The minimum Gasteiger partial charge on any atom is -0.376 e. The highest BCUT2D eigenvalue weighted by molar-refractivity contribution is 5.89. The molecule has 0 aromatic carbocycles. The molecule has 1 N–H and O–H groups in total. The van der Waals surface area contributed by atoms with Gasteiger partial charge in [0.1, 0.15) is 6.61 Å². The van der Waals surface area contributed by atoms with Crippen LogP contribution in [0.5, 0.6) is 0 Å². The number of carbonyl (C=O) groups is 1. The van der Waals surface area contributed by atoms with Crippen molar-refractivity contribution >= 4 is 11.9 Å². The van der Waals surface area contributed by atoms with Crippen molar-refractivity contribution in [1.82, 2.24) is 15.2 Å². The molecule has 1 aromatic heterocycles. The molecule has 0 bridgehead atoms. The summed E-state index contributed by atoms with van der Waals surface area (Å²) in [7, 11) is 0. The molecule has 1 aliphatic heterocycles. The van der Waals surface area contributed by atoms with Crippen LogP contribution in [-0.4, -0.2) is 47.0 Å². The third kappa shape index (κ3) is 4.50. The number of anilines is 1. The van der Waals surface area contributed by atoms with Gasteiger partial charge >= 0.3 is 0 Å². The third-order valence-electron chi connectivity index (χ3n) is 3.15. The van der Waals surface area contributed by atoms with Crippen LogP contribution in [0.2, 0.25) is 0 Å². The average Bonchev–Trinajstić information content (AvgIpc) is 2.44. The van der Waals surface area contributed by atoms with Gasteiger partial charge in [0.2, 0.25) is 5.95 Å². The van der Waals surface area contributed by atoms with Crippen LogP contribution < -0.4 is 5.32 Å². The SMILES string of the molecule is Cc1nnc(NC(=O)COCC2CCCCO2)nc1C. The number of nitrogens with zero attached hydrogens (tertiary/aromatic N) is 3. The maximum absolute atomic E-state index is 11.7. The summed E-state index contributed by atoms with van der Waals surface area (Å²) in [6.07, 6.45) is 3.36. The fourth-order valence-corrected chi connectivity index (χ4v) is 1.89. The lowest BCUT2D eigenvalue weighted by atomic mass is 10.1. The van der Waals surface area contributed by atoms with Crippen LogP contribution in [0, 0.1) is 13.8 Å². The molecule has 2 rings (SSSR count). The first kappa shape index (κ1) is 14.8. The van der Waals surface area contributed by atoms with E-state index in [1.807, 2.05) is 13.8 Å². The first-order chi connectivity index (χ1) is 9.65. The number of carbonyl (C=O) groups excluding carboxylic acids is 1. The quantitative estimate of drug-likeness (QED) is 0.866. The lowest BCUT2D eigenvalue weighted by Gasteiger charge is -2.22. The maximum Gasteiger partial charge on any atom is 0.252 e. The zero-order valence-corrected chi connectivity index (χ0v) is 11.9. The fourth-order valence-electron chi connectivity index (χ4n) is 1.89. The van der Waals surface area contributed by atoms with E-state index in [2.05, 4.69) is 20.5 Å². The summed E-state index contributed by atoms with van der Waals surface area (Å²) >= 11 is 0. The van der Waals surface area contributed by atoms with Gasteiger partial charge in [-0.25, -0.2) is 4.98 Å². The molecule has 0 spiro atoms. The summed E-state index contributed by atoms with van der Waals surface area (Å²) in [5.74, 6) is -0.0820. The van der Waals surface area contributed by atoms with Crippen LogP contribution in [0.4, 0.5) is 5.95 Å². The van der Waals surface area contributed by atoms with Gasteiger partial charge in [-0.3, -0.25) is 10.1 Å². The van der Waals surface area contributed by atoms with Gasteiger partial charge in [-0.15, -0.1) is 5.10 Å². The number of aromatic nitrogens is 3. The second kappa shape index (κ2) is 7.25. The Balaban J connectivity index is 1.70. The van der Waals surface area contributed by atoms with Gasteiger partial charge < -0.3 is 9.47 Å². The molecular formula is C13H20N4O3. The Kier molecular flexibility index (Phi) is 5.37. The molecule has 1 unspecified atom stereocenters. The second-order valence-electron chi connectivity index (χ2n) is 4.86. The van der Waals surface area contributed by atoms with Gasteiger partial charge in [0.05, 0.1) is 24.1 Å². The van der Waals surface area contributed by atoms with Gasteiger partial charge in [-0.2, -0.15) is 5.10 Å². The first-order valence-corrected chi connectivity index (χ1v) is 6.82. The summed E-state index contributed by atoms with van der Waals surface area (Å²) in [5.41, 5.74) is 1.49. The van der Waals surface area contributed by atoms with Crippen molar-refractivity contribution in [3.8, 4) is 0 Å². The Morgan fingerprint density at radius 2 is 2.20 bits per heavy atom. The fraction of sp³-hybridized carbons (Fsp3) is 0.692. The second-order valence-corrected chi connectivity index (χ2v) is 4.86. The Hall–Kier alpha value is -1.60. The zero-order chi connectivity index (χ0) is 14.4. The Morgan fingerprint density at radius 3 is 2.90 bits per heavy atom. The minimum absolute atomic E-state index is 0.0316. The molecule has 110 valence electrons. The van der Waals surface area contributed by atoms with E-state index in [1.165, 1.54) is 0 Å². The lowest BCUT2D eigenvalue weighted by Crippen LogP contribution is -2.27. The predicted octanol–water partition coefficient (Wildman–Crippen LogP) is 1.01. The van der Waals surface area contributed by atoms with E-state index < -0.39 is 0 Å². The number of rotatable bonds is 5. The molecule has 1 saturated heterocycles. The molecular weight excluding hydrogens is 260 g/mol. The van der Waals surface area contributed by atoms with Gasteiger partial charge in [-0.05, 0) is 33.1 Å². The van der Waals surface area contributed by atoms with Gasteiger partial charge in [0.25, 0.3) is 5.91 Å². The van der Waals surface area contributed by atoms with Crippen LogP contribution in [0.1, 0.15) is 30.7 Å². The summed E-state index contributed by atoms with van der Waals surface area (Å²) < 4.78 is 10.9. The highest BCUT2D eigenvalue weighted by atomic mass is 16.5. The molecule has 1 aliphatic rings. The smallest absolute Gasteiger partial charge is 0.252 e. The zero-order valence-electron chi connectivity index (χ0n) is 11.9. The monoisotopic (exact) mass is 280 g/mol. The van der Waals surface area contributed by atoms with Crippen LogP contribution in [0.25, 0.3) is 0 Å². The molecule has 20 heavy (non-hydrogen) atoms. The summed E-state index contributed by atoms with van der Waals surface area (Å²) in [4.78, 5) is 15.8. The van der Waals surface area contributed by atoms with Gasteiger partial charge in [-0.1, -0.05) is 0 Å². The highest BCUT2D eigenvalue weighted by Crippen LogP contribution is 2.12. The number of amides is 1. The average molecular weight is 280 g/mol. The normalized spacial score (nSPS) is 18.8. The third-order valence-corrected chi connectivity index (χ3v) is 3.15. The van der Waals surface area contributed by atoms with Crippen molar-refractivity contribution in [1.29, 1.82) is 0 Å². The number of ether oxygens (including phenoxy) is 2. The molecule has 0 aliphatic carbocycles. The van der Waals surface area contributed by atoms with Gasteiger partial charge in [0.15, 0.2) is 0 Å². The molecule has 7 nitrogen and oxygen atoms in total. The standard InChI is InChI=1S/C13H20N4O3/c1-9-10(2)16-17-13(14-9)15-12(18)8-19-7-11-5-3-4-6-20-11/h11H,3-8H2,1-2H3,(H,14,15,17,18). The van der Waals surface area contributed by atoms with Crippen LogP contribution >= 0.6 is 0 Å². The van der Waals surface area contributed by atoms with Crippen molar-refractivity contribution in [2.75, 3.05) is 25.1 Å². The van der Waals surface area contributed by atoms with E-state index in [4.69, 9.17) is 9.47 Å². The van der Waals surface area contributed by atoms with E-state index in [0.29, 0.717) is 6.61 Å². The predicted molar refractivity (Wildman–Crippen MR) is 72.3 cm³/mol. The summed E-state index contributed by atoms with van der Waals surface area (Å²) in [6, 6.07) is 0. The van der Waals surface area contributed by atoms with Crippen LogP contribution in [0.15, 0.2) is 0 Å². The highest BCUT2D eigenvalue weighted by Gasteiger charge is 2.14. The molecule has 0 radical (unpaired) electrons. The van der Waals surface area contributed by atoms with Crippen molar-refractivity contribution < 1.29 is 14.3 Å². The van der Waals surface area contributed by atoms with Crippen molar-refractivity contribution in [2.45, 2.75) is 39.2 Å². The Morgan fingerprint density at radius 1 is 1.35 bits per heavy atom. The molecule has 1 fully saturated rings. The molecule has 0 saturated carbocycles. The molecule has 1 atom stereocenters. The van der Waals surface area contributed by atoms with Crippen molar-refractivity contribution in [2.24, 2.45) is 0 Å². The molecule has 1 aromatic rings. The Bertz CT molecular complexity index is 461. The number of aryl methyl sites for hydroxylation is 2. The number of hydrogen-bond acceptors (Lipinski definition) is 6. The lowest BCUT2D eigenvalue weighted by molar-refractivity contribution is -0.122. The molecule has 7 heteroatoms. The number of nitrogens with one attached hydrogen (secondary N) is 1. The van der Waals surface area contributed by atoms with Crippen molar-refractivity contribution in [3.63, 3.8) is 0 Å². The van der Waals surface area contributed by atoms with E-state index in [0.717, 1.165) is 37.3 Å². The number of hydrogen-bond donors (Lipinski definition) is 1. The minimum atomic E-state index is -0.286. The van der Waals surface area contributed by atoms with E-state index >= 15 is 0 Å². The van der Waals surface area contributed by atoms with E-state index in [-0.39, 0.29) is 24.6 Å².